The molecule has 1 aromatic heterocycles. The zero-order valence-corrected chi connectivity index (χ0v) is 10.6. The van der Waals surface area contributed by atoms with Crippen molar-refractivity contribution in [1.29, 1.82) is 0 Å². The first-order chi connectivity index (χ1) is 9.33. The van der Waals surface area contributed by atoms with E-state index in [2.05, 4.69) is 15.5 Å². The molecule has 6 heteroatoms. The molecule has 1 aromatic carbocycles. The molecule has 0 unspecified atom stereocenters. The lowest BCUT2D eigenvalue weighted by atomic mass is 9.94. The molecular weight excluding hydrogens is 242 g/mol. The highest BCUT2D eigenvalue weighted by Crippen LogP contribution is 2.22. The van der Waals surface area contributed by atoms with Gasteiger partial charge in [0.15, 0.2) is 0 Å². The van der Waals surface area contributed by atoms with Crippen LogP contribution in [0.4, 0.5) is 0 Å². The Morgan fingerprint density at radius 2 is 1.84 bits per heavy atom. The van der Waals surface area contributed by atoms with E-state index < -0.39 is 0 Å². The van der Waals surface area contributed by atoms with Crippen LogP contribution in [0.5, 0.6) is 6.01 Å². The van der Waals surface area contributed by atoms with E-state index in [1.807, 2.05) is 30.3 Å². The first-order valence-corrected chi connectivity index (χ1v) is 6.59. The number of ether oxygens (including phenoxy) is 1. The van der Waals surface area contributed by atoms with Crippen LogP contribution < -0.4 is 10.5 Å². The van der Waals surface area contributed by atoms with Crippen molar-refractivity contribution in [3.63, 3.8) is 0 Å². The van der Waals surface area contributed by atoms with Crippen LogP contribution in [0, 0.1) is 0 Å². The van der Waals surface area contributed by atoms with Crippen molar-refractivity contribution in [1.82, 2.24) is 20.2 Å². The van der Waals surface area contributed by atoms with Crippen molar-refractivity contribution in [3.8, 4) is 11.7 Å². The van der Waals surface area contributed by atoms with Crippen molar-refractivity contribution < 1.29 is 4.74 Å². The minimum absolute atomic E-state index is 0.160. The molecule has 0 aliphatic heterocycles. The quantitative estimate of drug-likeness (QED) is 0.899. The topological polar surface area (TPSA) is 78.8 Å². The lowest BCUT2D eigenvalue weighted by Gasteiger charge is -2.25. The summed E-state index contributed by atoms with van der Waals surface area (Å²) in [7, 11) is 0. The first kappa shape index (κ1) is 12.1. The van der Waals surface area contributed by atoms with Gasteiger partial charge in [-0.2, -0.15) is 4.68 Å². The van der Waals surface area contributed by atoms with E-state index in [-0.39, 0.29) is 6.10 Å². The van der Waals surface area contributed by atoms with Crippen LogP contribution in [0.2, 0.25) is 0 Å². The number of benzene rings is 1. The summed E-state index contributed by atoms with van der Waals surface area (Å²) in [6.07, 6.45) is 4.08. The number of tetrazole rings is 1. The number of para-hydroxylation sites is 1. The predicted octanol–water partition coefficient (Wildman–Crippen LogP) is 1.31. The fraction of sp³-hybridized carbons (Fsp3) is 0.462. The third kappa shape index (κ3) is 2.73. The zero-order chi connectivity index (χ0) is 13.1. The van der Waals surface area contributed by atoms with Crippen LogP contribution in [-0.2, 0) is 0 Å². The molecule has 3 rings (SSSR count). The fourth-order valence-electron chi connectivity index (χ4n) is 2.34. The molecule has 1 aliphatic carbocycles. The molecule has 1 aliphatic rings. The molecule has 2 aromatic rings. The van der Waals surface area contributed by atoms with Crippen LogP contribution >= 0.6 is 0 Å². The van der Waals surface area contributed by atoms with Crippen molar-refractivity contribution in [2.24, 2.45) is 5.73 Å². The van der Waals surface area contributed by atoms with E-state index in [4.69, 9.17) is 10.5 Å². The van der Waals surface area contributed by atoms with Crippen molar-refractivity contribution in [3.05, 3.63) is 30.3 Å². The molecule has 100 valence electrons. The summed E-state index contributed by atoms with van der Waals surface area (Å²) >= 11 is 0. The Hall–Kier alpha value is -1.95. The maximum absolute atomic E-state index is 5.90. The second kappa shape index (κ2) is 5.36. The number of nitrogens with zero attached hydrogens (tertiary/aromatic N) is 4. The third-order valence-electron chi connectivity index (χ3n) is 3.43. The summed E-state index contributed by atoms with van der Waals surface area (Å²) < 4.78 is 7.52. The third-order valence-corrected chi connectivity index (χ3v) is 3.43. The molecular formula is C13H17N5O. The maximum atomic E-state index is 5.90. The van der Waals surface area contributed by atoms with Gasteiger partial charge >= 0.3 is 6.01 Å². The monoisotopic (exact) mass is 259 g/mol. The lowest BCUT2D eigenvalue weighted by Crippen LogP contribution is -2.32. The number of hydrogen-bond acceptors (Lipinski definition) is 5. The van der Waals surface area contributed by atoms with E-state index in [1.54, 1.807) is 4.68 Å². The van der Waals surface area contributed by atoms with E-state index >= 15 is 0 Å². The van der Waals surface area contributed by atoms with Gasteiger partial charge in [-0.05, 0) is 48.2 Å². The van der Waals surface area contributed by atoms with E-state index in [0.29, 0.717) is 12.1 Å². The highest BCUT2D eigenvalue weighted by atomic mass is 16.5. The highest BCUT2D eigenvalue weighted by Gasteiger charge is 2.22. The minimum Gasteiger partial charge on any atom is -0.459 e. The zero-order valence-electron chi connectivity index (χ0n) is 10.6. The molecule has 0 bridgehead atoms. The van der Waals surface area contributed by atoms with Gasteiger partial charge < -0.3 is 10.5 Å². The van der Waals surface area contributed by atoms with Gasteiger partial charge in [-0.15, -0.1) is 0 Å². The smallest absolute Gasteiger partial charge is 0.340 e. The average Bonchev–Trinajstić information content (AvgIpc) is 2.90. The Morgan fingerprint density at radius 3 is 2.58 bits per heavy atom. The molecule has 0 spiro atoms. The lowest BCUT2D eigenvalue weighted by molar-refractivity contribution is 0.131. The molecule has 0 radical (unpaired) electrons. The molecule has 1 fully saturated rings. The number of rotatable bonds is 3. The Bertz CT molecular complexity index is 519. The predicted molar refractivity (Wildman–Crippen MR) is 70.0 cm³/mol. The molecule has 0 amide bonds. The van der Waals surface area contributed by atoms with Gasteiger partial charge in [0.25, 0.3) is 0 Å². The summed E-state index contributed by atoms with van der Waals surface area (Å²) in [6.45, 7) is 0. The van der Waals surface area contributed by atoms with Crippen molar-refractivity contribution in [2.45, 2.75) is 37.8 Å². The van der Waals surface area contributed by atoms with Gasteiger partial charge in [-0.1, -0.05) is 23.3 Å². The summed E-state index contributed by atoms with van der Waals surface area (Å²) in [5.74, 6) is 0. The van der Waals surface area contributed by atoms with Gasteiger partial charge in [0, 0.05) is 6.04 Å². The van der Waals surface area contributed by atoms with Crippen LogP contribution in [0.3, 0.4) is 0 Å². The van der Waals surface area contributed by atoms with Crippen molar-refractivity contribution >= 4 is 0 Å². The normalized spacial score (nSPS) is 23.2. The standard InChI is InChI=1S/C13H17N5O/c14-10-6-8-12(9-7-10)19-13-15-16-17-18(13)11-4-2-1-3-5-11/h1-5,10,12H,6-9,14H2. The number of aromatic nitrogens is 4. The van der Waals surface area contributed by atoms with Crippen LogP contribution in [0.1, 0.15) is 25.7 Å². The van der Waals surface area contributed by atoms with E-state index in [9.17, 15) is 0 Å². The number of nitrogens with two attached hydrogens (primary N) is 1. The molecule has 0 atom stereocenters. The molecule has 2 N–H and O–H groups in total. The maximum Gasteiger partial charge on any atom is 0.340 e. The minimum atomic E-state index is 0.160. The molecule has 1 saturated carbocycles. The summed E-state index contributed by atoms with van der Waals surface area (Å²) in [5, 5.41) is 11.6. The SMILES string of the molecule is NC1CCC(Oc2nnnn2-c2ccccc2)CC1. The molecule has 1 heterocycles. The summed E-state index contributed by atoms with van der Waals surface area (Å²) in [4.78, 5) is 0. The summed E-state index contributed by atoms with van der Waals surface area (Å²) in [5.41, 5.74) is 6.79. The van der Waals surface area contributed by atoms with Gasteiger partial charge in [-0.3, -0.25) is 0 Å². The first-order valence-electron chi connectivity index (χ1n) is 6.59. The highest BCUT2D eigenvalue weighted by molar-refractivity contribution is 5.31. The Balaban J connectivity index is 1.74. The fourth-order valence-corrected chi connectivity index (χ4v) is 2.34. The van der Waals surface area contributed by atoms with E-state index in [1.165, 1.54) is 0 Å². The van der Waals surface area contributed by atoms with Gasteiger partial charge in [-0.25, -0.2) is 0 Å². The van der Waals surface area contributed by atoms with Crippen LogP contribution in [-0.4, -0.2) is 32.4 Å². The van der Waals surface area contributed by atoms with E-state index in [0.717, 1.165) is 31.4 Å². The van der Waals surface area contributed by atoms with Gasteiger partial charge in [0.05, 0.1) is 5.69 Å². The Labute approximate surface area is 111 Å². The molecule has 6 nitrogen and oxygen atoms in total. The largest absolute Gasteiger partial charge is 0.459 e. The number of hydrogen-bond donors (Lipinski definition) is 1. The van der Waals surface area contributed by atoms with Gasteiger partial charge in [0.1, 0.15) is 6.10 Å². The van der Waals surface area contributed by atoms with Crippen LogP contribution in [0.15, 0.2) is 30.3 Å². The van der Waals surface area contributed by atoms with Crippen LogP contribution in [0.25, 0.3) is 5.69 Å². The van der Waals surface area contributed by atoms with Gasteiger partial charge in [0.2, 0.25) is 0 Å². The second-order valence-electron chi connectivity index (χ2n) is 4.86. The average molecular weight is 259 g/mol. The molecule has 19 heavy (non-hydrogen) atoms. The Morgan fingerprint density at radius 1 is 1.11 bits per heavy atom. The summed E-state index contributed by atoms with van der Waals surface area (Å²) in [6, 6.07) is 10.5. The Kier molecular flexibility index (Phi) is 3.41. The van der Waals surface area contributed by atoms with Crippen molar-refractivity contribution in [2.75, 3.05) is 0 Å². The second-order valence-corrected chi connectivity index (χ2v) is 4.86. The molecule has 0 saturated heterocycles.